The van der Waals surface area contributed by atoms with Gasteiger partial charge in [-0.1, -0.05) is 19.3 Å². The highest BCUT2D eigenvalue weighted by Gasteiger charge is 2.25. The molecule has 1 aliphatic carbocycles. The second-order valence-electron chi connectivity index (χ2n) is 5.30. The third-order valence-electron chi connectivity index (χ3n) is 3.87. The number of carbonyl (C=O) groups excluding carboxylic acids is 1. The maximum Gasteiger partial charge on any atom is 0.338 e. The number of nitro groups is 1. The molecule has 0 unspecified atom stereocenters. The molecule has 0 spiro atoms. The summed E-state index contributed by atoms with van der Waals surface area (Å²) in [7, 11) is 2.65. The number of nitrogens with one attached hydrogen (secondary N) is 1. The first-order valence-corrected chi connectivity index (χ1v) is 7.28. The Morgan fingerprint density at radius 3 is 2.50 bits per heavy atom. The van der Waals surface area contributed by atoms with Crippen molar-refractivity contribution in [3.05, 3.63) is 27.8 Å². The van der Waals surface area contributed by atoms with E-state index in [1.165, 1.54) is 32.8 Å². The maximum absolute atomic E-state index is 11.6. The number of nitro benzene ring substituents is 1. The molecule has 0 heterocycles. The number of methoxy groups -OCH3 is 2. The second-order valence-corrected chi connectivity index (χ2v) is 5.30. The van der Waals surface area contributed by atoms with E-state index in [9.17, 15) is 14.9 Å². The van der Waals surface area contributed by atoms with Crippen LogP contribution in [0.4, 0.5) is 11.4 Å². The monoisotopic (exact) mass is 308 g/mol. The second kappa shape index (κ2) is 7.11. The number of esters is 1. The van der Waals surface area contributed by atoms with Crippen LogP contribution in [0.2, 0.25) is 0 Å². The van der Waals surface area contributed by atoms with Crippen molar-refractivity contribution in [2.24, 2.45) is 0 Å². The lowest BCUT2D eigenvalue weighted by molar-refractivity contribution is -0.384. The first-order chi connectivity index (χ1) is 10.6. The highest BCUT2D eigenvalue weighted by atomic mass is 16.6. The number of hydrogen-bond donors (Lipinski definition) is 1. The number of carbonyl (C=O) groups is 1. The average Bonchev–Trinajstić information content (AvgIpc) is 2.54. The number of anilines is 1. The van der Waals surface area contributed by atoms with Gasteiger partial charge in [0.1, 0.15) is 5.75 Å². The molecular weight excluding hydrogens is 288 g/mol. The van der Waals surface area contributed by atoms with E-state index < -0.39 is 10.9 Å². The van der Waals surface area contributed by atoms with Gasteiger partial charge in [-0.2, -0.15) is 0 Å². The first kappa shape index (κ1) is 16.1. The SMILES string of the molecule is COC(=O)c1cc(OC)c(NC2CCCCC2)c([N+](=O)[O-])c1. The Hall–Kier alpha value is -2.31. The van der Waals surface area contributed by atoms with Crippen LogP contribution in [0, 0.1) is 10.1 Å². The van der Waals surface area contributed by atoms with Gasteiger partial charge in [-0.25, -0.2) is 4.79 Å². The molecule has 7 nitrogen and oxygen atoms in total. The van der Waals surface area contributed by atoms with Gasteiger partial charge in [0.05, 0.1) is 24.7 Å². The van der Waals surface area contributed by atoms with Gasteiger partial charge in [0.2, 0.25) is 0 Å². The molecule has 120 valence electrons. The Bertz CT molecular complexity index is 567. The number of ether oxygens (including phenoxy) is 2. The van der Waals surface area contributed by atoms with Crippen LogP contribution < -0.4 is 10.1 Å². The summed E-state index contributed by atoms with van der Waals surface area (Å²) in [5.41, 5.74) is 0.248. The molecule has 0 bridgehead atoms. The van der Waals surface area contributed by atoms with Crippen molar-refractivity contribution in [3.63, 3.8) is 0 Å². The van der Waals surface area contributed by atoms with E-state index in [2.05, 4.69) is 10.1 Å². The fourth-order valence-electron chi connectivity index (χ4n) is 2.74. The fraction of sp³-hybridized carbons (Fsp3) is 0.533. The van der Waals surface area contributed by atoms with Gasteiger partial charge in [-0.15, -0.1) is 0 Å². The van der Waals surface area contributed by atoms with Gasteiger partial charge < -0.3 is 14.8 Å². The smallest absolute Gasteiger partial charge is 0.338 e. The fourth-order valence-corrected chi connectivity index (χ4v) is 2.74. The van der Waals surface area contributed by atoms with Crippen LogP contribution in [0.3, 0.4) is 0 Å². The van der Waals surface area contributed by atoms with E-state index in [0.717, 1.165) is 25.7 Å². The van der Waals surface area contributed by atoms with E-state index in [0.29, 0.717) is 5.69 Å². The third-order valence-corrected chi connectivity index (χ3v) is 3.87. The normalized spacial score (nSPS) is 15.2. The van der Waals surface area contributed by atoms with Gasteiger partial charge in [0.15, 0.2) is 5.69 Å². The molecule has 1 aliphatic rings. The van der Waals surface area contributed by atoms with Crippen molar-refractivity contribution in [1.29, 1.82) is 0 Å². The summed E-state index contributed by atoms with van der Waals surface area (Å²) in [6.07, 6.45) is 5.35. The summed E-state index contributed by atoms with van der Waals surface area (Å²) in [6, 6.07) is 2.87. The highest BCUT2D eigenvalue weighted by Crippen LogP contribution is 2.38. The van der Waals surface area contributed by atoms with E-state index in [4.69, 9.17) is 4.74 Å². The zero-order valence-electron chi connectivity index (χ0n) is 12.8. The molecule has 0 saturated heterocycles. The molecule has 0 radical (unpaired) electrons. The summed E-state index contributed by atoms with van der Waals surface area (Å²) in [5, 5.41) is 14.6. The average molecular weight is 308 g/mol. The van der Waals surface area contributed by atoms with E-state index in [1.54, 1.807) is 0 Å². The Kier molecular flexibility index (Phi) is 5.19. The largest absolute Gasteiger partial charge is 0.494 e. The molecule has 1 fully saturated rings. The van der Waals surface area contributed by atoms with Gasteiger partial charge in [-0.3, -0.25) is 10.1 Å². The van der Waals surface area contributed by atoms with Gasteiger partial charge >= 0.3 is 5.97 Å². The molecule has 1 N–H and O–H groups in total. The molecule has 0 aromatic heterocycles. The van der Waals surface area contributed by atoms with Crippen molar-refractivity contribution in [3.8, 4) is 5.75 Å². The predicted octanol–water partition coefficient (Wildman–Crippen LogP) is 3.13. The number of rotatable bonds is 5. The topological polar surface area (TPSA) is 90.7 Å². The molecule has 7 heteroatoms. The van der Waals surface area contributed by atoms with Crippen molar-refractivity contribution in [1.82, 2.24) is 0 Å². The number of hydrogen-bond acceptors (Lipinski definition) is 6. The van der Waals surface area contributed by atoms with Crippen molar-refractivity contribution >= 4 is 17.3 Å². The molecule has 2 rings (SSSR count). The van der Waals surface area contributed by atoms with Crippen molar-refractivity contribution < 1.29 is 19.2 Å². The molecule has 22 heavy (non-hydrogen) atoms. The third kappa shape index (κ3) is 3.47. The van der Waals surface area contributed by atoms with Crippen LogP contribution in [-0.2, 0) is 4.74 Å². The Morgan fingerprint density at radius 2 is 1.95 bits per heavy atom. The lowest BCUT2D eigenvalue weighted by atomic mass is 9.95. The highest BCUT2D eigenvalue weighted by molar-refractivity contribution is 5.93. The predicted molar refractivity (Wildman–Crippen MR) is 81.5 cm³/mol. The van der Waals surface area contributed by atoms with E-state index in [1.807, 2.05) is 0 Å². The van der Waals surface area contributed by atoms with Gasteiger partial charge in [-0.05, 0) is 18.9 Å². The molecule has 1 saturated carbocycles. The quantitative estimate of drug-likeness (QED) is 0.510. The molecule has 0 amide bonds. The zero-order chi connectivity index (χ0) is 16.1. The summed E-state index contributed by atoms with van der Waals surface area (Å²) in [5.74, 6) is -0.356. The minimum Gasteiger partial charge on any atom is -0.494 e. The minimum absolute atomic E-state index is 0.0974. The first-order valence-electron chi connectivity index (χ1n) is 7.28. The van der Waals surface area contributed by atoms with Crippen molar-refractivity contribution in [2.45, 2.75) is 38.1 Å². The summed E-state index contributed by atoms with van der Waals surface area (Å²) < 4.78 is 9.86. The standard InChI is InChI=1S/C15H20N2O5/c1-21-13-9-10(15(18)22-2)8-12(17(19)20)14(13)16-11-6-4-3-5-7-11/h8-9,11,16H,3-7H2,1-2H3. The van der Waals surface area contributed by atoms with Crippen LogP contribution in [0.1, 0.15) is 42.5 Å². The summed E-state index contributed by atoms with van der Waals surface area (Å²) in [6.45, 7) is 0. The Balaban J connectivity index is 2.40. The Labute approximate surface area is 128 Å². The molecule has 0 aliphatic heterocycles. The minimum atomic E-state index is -0.634. The molecule has 1 aromatic rings. The van der Waals surface area contributed by atoms with Crippen LogP contribution in [0.5, 0.6) is 5.75 Å². The van der Waals surface area contributed by atoms with E-state index >= 15 is 0 Å². The van der Waals surface area contributed by atoms with Crippen LogP contribution in [-0.4, -0.2) is 31.2 Å². The van der Waals surface area contributed by atoms with Crippen LogP contribution in [0.15, 0.2) is 12.1 Å². The summed E-state index contributed by atoms with van der Waals surface area (Å²) in [4.78, 5) is 22.5. The summed E-state index contributed by atoms with van der Waals surface area (Å²) >= 11 is 0. The lowest BCUT2D eigenvalue weighted by Gasteiger charge is -2.24. The Morgan fingerprint density at radius 1 is 1.27 bits per heavy atom. The van der Waals surface area contributed by atoms with Crippen LogP contribution in [0.25, 0.3) is 0 Å². The number of nitrogens with zero attached hydrogens (tertiary/aromatic N) is 1. The zero-order valence-corrected chi connectivity index (χ0v) is 12.8. The number of benzene rings is 1. The molecule has 0 atom stereocenters. The van der Waals surface area contributed by atoms with Crippen LogP contribution >= 0.6 is 0 Å². The van der Waals surface area contributed by atoms with E-state index in [-0.39, 0.29) is 23.0 Å². The van der Waals surface area contributed by atoms with Gasteiger partial charge in [0, 0.05) is 12.1 Å². The van der Waals surface area contributed by atoms with Gasteiger partial charge in [0.25, 0.3) is 5.69 Å². The van der Waals surface area contributed by atoms with Crippen molar-refractivity contribution in [2.75, 3.05) is 19.5 Å². The maximum atomic E-state index is 11.6. The lowest BCUT2D eigenvalue weighted by Crippen LogP contribution is -2.23. The molecular formula is C15H20N2O5. The molecule has 1 aromatic carbocycles.